The van der Waals surface area contributed by atoms with E-state index in [-0.39, 0.29) is 11.4 Å². The second-order valence-corrected chi connectivity index (χ2v) is 9.16. The van der Waals surface area contributed by atoms with Crippen LogP contribution >= 0.6 is 0 Å². The molecule has 0 unspecified atom stereocenters. The number of para-hydroxylation sites is 1. The molecule has 1 atom stereocenters. The molecule has 186 valence electrons. The van der Waals surface area contributed by atoms with Gasteiger partial charge < -0.3 is 14.6 Å². The van der Waals surface area contributed by atoms with E-state index in [9.17, 15) is 9.18 Å². The first kappa shape index (κ1) is 22.9. The normalized spacial score (nSPS) is 13.9. The van der Waals surface area contributed by atoms with Gasteiger partial charge in [0, 0.05) is 28.7 Å². The third kappa shape index (κ3) is 4.33. The minimum absolute atomic E-state index is 0.206. The molecule has 3 heterocycles. The van der Waals surface area contributed by atoms with Gasteiger partial charge in [0.05, 0.1) is 13.7 Å². The number of anilines is 1. The van der Waals surface area contributed by atoms with Crippen LogP contribution in [0.25, 0.3) is 10.9 Å². The van der Waals surface area contributed by atoms with Gasteiger partial charge in [-0.3, -0.25) is 4.79 Å². The topological polar surface area (TPSA) is 88.9 Å². The lowest BCUT2D eigenvalue weighted by molar-refractivity contribution is 0.415. The zero-order valence-electron chi connectivity index (χ0n) is 20.3. The Bertz CT molecular complexity index is 1630. The van der Waals surface area contributed by atoms with E-state index in [1.165, 1.54) is 17.7 Å². The smallest absolute Gasteiger partial charge is 0.254 e. The predicted octanol–water partition coefficient (Wildman–Crippen LogP) is 4.25. The molecular formula is C28H25FN6O2. The third-order valence-corrected chi connectivity index (χ3v) is 6.88. The van der Waals surface area contributed by atoms with E-state index in [0.29, 0.717) is 23.7 Å². The number of methoxy groups -OCH3 is 1. The van der Waals surface area contributed by atoms with Crippen LogP contribution in [0.15, 0.2) is 77.6 Å². The van der Waals surface area contributed by atoms with E-state index in [2.05, 4.69) is 37.5 Å². The summed E-state index contributed by atoms with van der Waals surface area (Å²) in [5.41, 5.74) is 4.17. The van der Waals surface area contributed by atoms with E-state index in [1.807, 2.05) is 36.4 Å². The third-order valence-electron chi connectivity index (χ3n) is 6.88. The van der Waals surface area contributed by atoms with Crippen molar-refractivity contribution in [3.63, 3.8) is 0 Å². The van der Waals surface area contributed by atoms with Crippen LogP contribution in [-0.4, -0.2) is 38.8 Å². The average Bonchev–Trinajstić information content (AvgIpc) is 3.38. The lowest BCUT2D eigenvalue weighted by Crippen LogP contribution is -2.38. The van der Waals surface area contributed by atoms with Gasteiger partial charge in [0.2, 0.25) is 0 Å². The molecule has 0 radical (unpaired) electrons. The van der Waals surface area contributed by atoms with Gasteiger partial charge in [0.25, 0.3) is 5.56 Å². The fraction of sp³-hybridized carbons (Fsp3) is 0.214. The molecule has 5 aromatic rings. The largest absolute Gasteiger partial charge is 0.497 e. The quantitative estimate of drug-likeness (QED) is 0.378. The highest BCUT2D eigenvalue weighted by atomic mass is 19.1. The first-order valence-corrected chi connectivity index (χ1v) is 12.2. The number of aromatic amines is 1. The Kier molecular flexibility index (Phi) is 5.88. The van der Waals surface area contributed by atoms with Gasteiger partial charge in [0.15, 0.2) is 5.82 Å². The molecule has 0 aliphatic carbocycles. The Morgan fingerprint density at radius 3 is 2.76 bits per heavy atom. The monoisotopic (exact) mass is 496 g/mol. The zero-order valence-corrected chi connectivity index (χ0v) is 20.3. The van der Waals surface area contributed by atoms with Crippen molar-refractivity contribution in [1.82, 2.24) is 25.2 Å². The molecule has 3 aromatic carbocycles. The summed E-state index contributed by atoms with van der Waals surface area (Å²) >= 11 is 0. The van der Waals surface area contributed by atoms with E-state index < -0.39 is 6.04 Å². The molecule has 0 amide bonds. The summed E-state index contributed by atoms with van der Waals surface area (Å²) in [6.07, 6.45) is 1.90. The highest BCUT2D eigenvalue weighted by Crippen LogP contribution is 2.37. The fourth-order valence-electron chi connectivity index (χ4n) is 5.09. The van der Waals surface area contributed by atoms with Crippen LogP contribution in [-0.2, 0) is 13.0 Å². The number of fused-ring (bicyclic) bond motifs is 2. The number of hydrogen-bond acceptors (Lipinski definition) is 6. The van der Waals surface area contributed by atoms with E-state index in [4.69, 9.17) is 4.74 Å². The molecular weight excluding hydrogens is 471 g/mol. The maximum Gasteiger partial charge on any atom is 0.254 e. The summed E-state index contributed by atoms with van der Waals surface area (Å²) in [5.74, 6) is 0.932. The van der Waals surface area contributed by atoms with Crippen molar-refractivity contribution >= 4 is 16.6 Å². The number of nitrogens with one attached hydrogen (secondary N) is 1. The first-order valence-electron chi connectivity index (χ1n) is 12.2. The Morgan fingerprint density at radius 1 is 1.08 bits per heavy atom. The fourth-order valence-corrected chi connectivity index (χ4v) is 5.09. The van der Waals surface area contributed by atoms with Gasteiger partial charge in [-0.2, -0.15) is 0 Å². The van der Waals surface area contributed by atoms with Crippen LogP contribution in [0.3, 0.4) is 0 Å². The number of ether oxygens (including phenoxy) is 1. The van der Waals surface area contributed by atoms with Gasteiger partial charge in [-0.25, -0.2) is 9.07 Å². The van der Waals surface area contributed by atoms with Crippen molar-refractivity contribution in [2.75, 3.05) is 18.6 Å². The number of pyridine rings is 1. The highest BCUT2D eigenvalue weighted by Gasteiger charge is 2.33. The number of rotatable bonds is 6. The molecule has 8 nitrogen and oxygen atoms in total. The maximum absolute atomic E-state index is 13.6. The number of nitrogens with zero attached hydrogens (tertiary/aromatic N) is 5. The number of hydrogen-bond donors (Lipinski definition) is 1. The highest BCUT2D eigenvalue weighted by molar-refractivity contribution is 5.81. The summed E-state index contributed by atoms with van der Waals surface area (Å²) < 4.78 is 20.6. The van der Waals surface area contributed by atoms with Crippen molar-refractivity contribution < 1.29 is 9.13 Å². The summed E-state index contributed by atoms with van der Waals surface area (Å²) in [5, 5.41) is 13.5. The van der Waals surface area contributed by atoms with Crippen LogP contribution in [0.5, 0.6) is 5.75 Å². The lowest BCUT2D eigenvalue weighted by atomic mass is 9.96. The minimum Gasteiger partial charge on any atom is -0.497 e. The van der Waals surface area contributed by atoms with Crippen molar-refractivity contribution in [2.24, 2.45) is 0 Å². The Labute approximate surface area is 212 Å². The van der Waals surface area contributed by atoms with Gasteiger partial charge >= 0.3 is 0 Å². The van der Waals surface area contributed by atoms with Gasteiger partial charge in [-0.1, -0.05) is 30.3 Å². The van der Waals surface area contributed by atoms with Crippen LogP contribution in [0.4, 0.5) is 10.1 Å². The summed E-state index contributed by atoms with van der Waals surface area (Å²) in [6, 6.07) is 21.4. The number of aromatic nitrogens is 5. The Morgan fingerprint density at radius 2 is 1.92 bits per heavy atom. The van der Waals surface area contributed by atoms with E-state index in [0.717, 1.165) is 41.5 Å². The first-order chi connectivity index (χ1) is 18.1. The van der Waals surface area contributed by atoms with E-state index in [1.54, 1.807) is 23.9 Å². The van der Waals surface area contributed by atoms with Crippen molar-refractivity contribution in [1.29, 1.82) is 0 Å². The molecule has 2 aromatic heterocycles. The molecule has 1 aliphatic rings. The summed E-state index contributed by atoms with van der Waals surface area (Å²) in [7, 11) is 1.62. The van der Waals surface area contributed by atoms with Crippen LogP contribution < -0.4 is 15.2 Å². The lowest BCUT2D eigenvalue weighted by Gasteiger charge is -2.37. The molecule has 1 N–H and O–H groups in total. The number of H-pyrrole nitrogens is 1. The second-order valence-electron chi connectivity index (χ2n) is 9.16. The number of halogens is 1. The predicted molar refractivity (Wildman–Crippen MR) is 138 cm³/mol. The van der Waals surface area contributed by atoms with Crippen molar-refractivity contribution in [3.05, 3.63) is 111 Å². The minimum atomic E-state index is -0.545. The van der Waals surface area contributed by atoms with Crippen molar-refractivity contribution in [3.8, 4) is 5.75 Å². The summed E-state index contributed by atoms with van der Waals surface area (Å²) in [4.78, 5) is 18.8. The molecule has 9 heteroatoms. The molecule has 1 aliphatic heterocycles. The van der Waals surface area contributed by atoms with Crippen molar-refractivity contribution in [2.45, 2.75) is 25.4 Å². The molecule has 6 rings (SSSR count). The zero-order chi connectivity index (χ0) is 25.4. The van der Waals surface area contributed by atoms with Crippen LogP contribution in [0.2, 0.25) is 0 Å². The Hall–Kier alpha value is -4.53. The SMILES string of the molecule is COc1ccc2[nH]c(=O)c([C@H](c3nnnn3Cc3ccc(F)cc3)N3CCCc4ccccc43)cc2c1. The van der Waals surface area contributed by atoms with Gasteiger partial charge in [0.1, 0.15) is 17.6 Å². The van der Waals surface area contributed by atoms with Crippen LogP contribution in [0, 0.1) is 5.82 Å². The molecule has 0 saturated carbocycles. The van der Waals surface area contributed by atoms with Crippen LogP contribution in [0.1, 0.15) is 35.0 Å². The molecule has 0 fully saturated rings. The number of benzene rings is 3. The second kappa shape index (κ2) is 9.50. The number of aryl methyl sites for hydroxylation is 1. The van der Waals surface area contributed by atoms with Gasteiger partial charge in [-0.05, 0) is 76.9 Å². The van der Waals surface area contributed by atoms with Gasteiger partial charge in [-0.15, -0.1) is 5.10 Å². The molecule has 37 heavy (non-hydrogen) atoms. The molecule has 0 spiro atoms. The average molecular weight is 497 g/mol. The molecule has 0 saturated heterocycles. The molecule has 0 bridgehead atoms. The van der Waals surface area contributed by atoms with E-state index >= 15 is 0 Å². The number of tetrazole rings is 1. The maximum atomic E-state index is 13.6. The standard InChI is InChI=1S/C28H25FN6O2/c1-37-22-12-13-24-20(15-22)16-23(28(36)30-24)26(34-14-4-6-19-5-2-3-7-25(19)34)27-31-32-33-35(27)17-18-8-10-21(29)11-9-18/h2-3,5,7-13,15-16,26H,4,6,14,17H2,1H3,(H,30,36)/t26-/m1/s1. The Balaban J connectivity index is 1.53. The summed E-state index contributed by atoms with van der Waals surface area (Å²) in [6.45, 7) is 1.08.